The van der Waals surface area contributed by atoms with Gasteiger partial charge in [-0.1, -0.05) is 338 Å². The molecule has 15 rings (SSSR count). The van der Waals surface area contributed by atoms with E-state index in [0.717, 1.165) is 0 Å². The fourth-order valence-corrected chi connectivity index (χ4v) is 16.3. The van der Waals surface area contributed by atoms with Crippen molar-refractivity contribution in [1.29, 1.82) is 0 Å². The van der Waals surface area contributed by atoms with E-state index < -0.39 is 16.2 Å². The third kappa shape index (κ3) is 7.12. The van der Waals surface area contributed by atoms with Crippen LogP contribution in [0.1, 0.15) is 130 Å². The SMILES string of the molecule is CC(C)C(C)(c1ccc2c(c1)C(c1ccccc1)(c1ccccc1)c1cc(C(C)(C)c3ccc4c(c3)C(c3ccccc3)(c3ccccc3)c3ccccc3-4)ccc1-2)c1ccc2c(c1)C(c1ccccc1)(c1ccccc1)C1C=CC=CC21. The van der Waals surface area contributed by atoms with Gasteiger partial charge >= 0.3 is 0 Å². The van der Waals surface area contributed by atoms with E-state index in [-0.39, 0.29) is 28.6 Å². The molecule has 0 amide bonds. The monoisotopic (exact) mass is 1060 g/mol. The molecule has 0 saturated carbocycles. The lowest BCUT2D eigenvalue weighted by molar-refractivity contribution is 0.403. The van der Waals surface area contributed by atoms with Gasteiger partial charge in [-0.25, -0.2) is 0 Å². The maximum atomic E-state index is 2.63. The molecule has 0 aromatic heterocycles. The lowest BCUT2D eigenvalue weighted by atomic mass is 9.62. The summed E-state index contributed by atoms with van der Waals surface area (Å²) in [7, 11) is 0. The minimum Gasteiger partial charge on any atom is -0.0789 e. The zero-order valence-electron chi connectivity index (χ0n) is 48.1. The Bertz CT molecular complexity index is 4200. The molecule has 0 radical (unpaired) electrons. The van der Waals surface area contributed by atoms with Gasteiger partial charge in [0, 0.05) is 22.7 Å². The molecule has 0 saturated heterocycles. The molecule has 0 fully saturated rings. The fraction of sp³-hybridized carbons (Fsp3) is 0.157. The maximum Gasteiger partial charge on any atom is 0.0713 e. The van der Waals surface area contributed by atoms with Crippen molar-refractivity contribution in [2.75, 3.05) is 0 Å². The highest BCUT2D eigenvalue weighted by molar-refractivity contribution is 5.89. The largest absolute Gasteiger partial charge is 0.0789 e. The van der Waals surface area contributed by atoms with Crippen LogP contribution in [0.3, 0.4) is 0 Å². The zero-order chi connectivity index (χ0) is 56.1. The molecular formula is C83H68. The van der Waals surface area contributed by atoms with Crippen LogP contribution in [0.15, 0.2) is 303 Å². The normalized spacial score (nSPS) is 17.9. The molecule has 4 aliphatic carbocycles. The fourth-order valence-electron chi connectivity index (χ4n) is 16.3. The number of hydrogen-bond donors (Lipinski definition) is 0. The number of hydrogen-bond acceptors (Lipinski definition) is 0. The summed E-state index contributed by atoms with van der Waals surface area (Å²) >= 11 is 0. The van der Waals surface area contributed by atoms with E-state index in [0.29, 0.717) is 0 Å². The Balaban J connectivity index is 0.918. The molecule has 0 heteroatoms. The van der Waals surface area contributed by atoms with Crippen LogP contribution in [0, 0.1) is 11.8 Å². The number of rotatable bonds is 11. The van der Waals surface area contributed by atoms with E-state index in [2.05, 4.69) is 338 Å². The minimum absolute atomic E-state index is 0.232. The van der Waals surface area contributed by atoms with Crippen molar-refractivity contribution in [3.05, 3.63) is 392 Å². The summed E-state index contributed by atoms with van der Waals surface area (Å²) in [5.41, 5.74) is 24.1. The van der Waals surface area contributed by atoms with Gasteiger partial charge in [-0.3, -0.25) is 0 Å². The molecule has 0 N–H and O–H groups in total. The third-order valence-corrected chi connectivity index (χ3v) is 20.7. The van der Waals surface area contributed by atoms with Gasteiger partial charge in [0.15, 0.2) is 0 Å². The first-order valence-corrected chi connectivity index (χ1v) is 30.0. The Labute approximate surface area is 491 Å². The molecule has 0 aliphatic heterocycles. The predicted octanol–water partition coefficient (Wildman–Crippen LogP) is 19.9. The first-order valence-electron chi connectivity index (χ1n) is 30.0. The van der Waals surface area contributed by atoms with E-state index in [9.17, 15) is 0 Å². The molecule has 400 valence electrons. The molecule has 0 nitrogen and oxygen atoms in total. The first-order chi connectivity index (χ1) is 40.6. The molecule has 3 atom stereocenters. The molecule has 11 aromatic carbocycles. The van der Waals surface area contributed by atoms with Gasteiger partial charge in [-0.15, -0.1) is 0 Å². The summed E-state index contributed by atoms with van der Waals surface area (Å²) in [5.74, 6) is 0.750. The Morgan fingerprint density at radius 3 is 1.10 bits per heavy atom. The molecule has 0 spiro atoms. The lowest BCUT2D eigenvalue weighted by Gasteiger charge is -2.40. The summed E-state index contributed by atoms with van der Waals surface area (Å²) in [6.07, 6.45) is 9.47. The number of benzene rings is 11. The minimum atomic E-state index is -0.620. The second-order valence-corrected chi connectivity index (χ2v) is 24.9. The summed E-state index contributed by atoms with van der Waals surface area (Å²) < 4.78 is 0. The summed E-state index contributed by atoms with van der Waals surface area (Å²) in [5, 5.41) is 0. The average Bonchev–Trinajstić information content (AvgIpc) is 2.47. The highest BCUT2D eigenvalue weighted by Gasteiger charge is 2.54. The molecule has 0 bridgehead atoms. The van der Waals surface area contributed by atoms with Crippen molar-refractivity contribution in [1.82, 2.24) is 0 Å². The quantitative estimate of drug-likeness (QED) is 0.121. The van der Waals surface area contributed by atoms with Gasteiger partial charge in [-0.05, 0) is 117 Å². The zero-order valence-corrected chi connectivity index (χ0v) is 48.1. The maximum absolute atomic E-state index is 2.63. The van der Waals surface area contributed by atoms with Gasteiger partial charge < -0.3 is 0 Å². The lowest BCUT2D eigenvalue weighted by Crippen LogP contribution is -2.36. The van der Waals surface area contributed by atoms with Crippen molar-refractivity contribution in [3.8, 4) is 22.3 Å². The summed E-state index contributed by atoms with van der Waals surface area (Å²) in [6.45, 7) is 12.3. The molecule has 4 aliphatic rings. The predicted molar refractivity (Wildman–Crippen MR) is 345 cm³/mol. The van der Waals surface area contributed by atoms with Gasteiger partial charge in [-0.2, -0.15) is 0 Å². The highest BCUT2D eigenvalue weighted by Crippen LogP contribution is 2.63. The Kier molecular flexibility index (Phi) is 11.8. The Morgan fingerprint density at radius 2 is 0.651 bits per heavy atom. The highest BCUT2D eigenvalue weighted by atomic mass is 14.6. The van der Waals surface area contributed by atoms with E-state index in [4.69, 9.17) is 0 Å². The van der Waals surface area contributed by atoms with Gasteiger partial charge in [0.2, 0.25) is 0 Å². The summed E-state index contributed by atoms with van der Waals surface area (Å²) in [4.78, 5) is 0. The number of allylic oxidation sites excluding steroid dienone is 4. The van der Waals surface area contributed by atoms with Crippen LogP contribution in [0.2, 0.25) is 0 Å². The van der Waals surface area contributed by atoms with Crippen LogP contribution >= 0.6 is 0 Å². The van der Waals surface area contributed by atoms with Crippen LogP contribution in [0.5, 0.6) is 0 Å². The Morgan fingerprint density at radius 1 is 0.313 bits per heavy atom. The van der Waals surface area contributed by atoms with Crippen LogP contribution in [0.4, 0.5) is 0 Å². The summed E-state index contributed by atoms with van der Waals surface area (Å²) in [6, 6.07) is 107. The van der Waals surface area contributed by atoms with Gasteiger partial charge in [0.1, 0.15) is 0 Å². The topological polar surface area (TPSA) is 0 Å². The van der Waals surface area contributed by atoms with Crippen molar-refractivity contribution >= 4 is 0 Å². The standard InChI is InChI=1S/C83H68/c1-56(2)80(5,65-46-50-70-68-41-25-27-43-74(68)82(77(70)54-65,59-32-16-8-17-33-59)60-34-18-9-19-35-60)66-47-51-72-71-49-45-64(53-76(71)83(78(72)55-66,61-36-20-10-21-37-61)62-38-22-11-23-39-62)79(3,4)63-44-48-69-67-40-24-26-42-73(67)81(75(69)52-63,57-28-12-6-13-29-57)58-30-14-7-15-31-58/h6-56,68,74H,1-5H3. The van der Waals surface area contributed by atoms with E-state index in [1.54, 1.807) is 0 Å². The van der Waals surface area contributed by atoms with Crippen molar-refractivity contribution in [3.63, 3.8) is 0 Å². The smallest absolute Gasteiger partial charge is 0.0713 e. The molecule has 11 aromatic rings. The van der Waals surface area contributed by atoms with Crippen LogP contribution < -0.4 is 0 Å². The van der Waals surface area contributed by atoms with Crippen LogP contribution in [-0.2, 0) is 27.1 Å². The van der Waals surface area contributed by atoms with E-state index in [1.165, 1.54) is 111 Å². The van der Waals surface area contributed by atoms with Gasteiger partial charge in [0.25, 0.3) is 0 Å². The van der Waals surface area contributed by atoms with Gasteiger partial charge in [0.05, 0.1) is 16.2 Å². The van der Waals surface area contributed by atoms with Crippen molar-refractivity contribution in [2.24, 2.45) is 11.8 Å². The molecule has 3 unspecified atom stereocenters. The average molecular weight is 1070 g/mol. The molecular weight excluding hydrogens is 997 g/mol. The van der Waals surface area contributed by atoms with Crippen LogP contribution in [0.25, 0.3) is 22.3 Å². The molecule has 0 heterocycles. The third-order valence-electron chi connectivity index (χ3n) is 20.7. The van der Waals surface area contributed by atoms with E-state index >= 15 is 0 Å². The Hall–Kier alpha value is -9.10. The van der Waals surface area contributed by atoms with Crippen LogP contribution in [-0.4, -0.2) is 0 Å². The van der Waals surface area contributed by atoms with Crippen molar-refractivity contribution < 1.29 is 0 Å². The molecule has 83 heavy (non-hydrogen) atoms. The van der Waals surface area contributed by atoms with E-state index in [1.807, 2.05) is 0 Å². The second-order valence-electron chi connectivity index (χ2n) is 24.9. The van der Waals surface area contributed by atoms with Crippen molar-refractivity contribution in [2.45, 2.75) is 67.6 Å². The second kappa shape index (κ2) is 19.3. The number of fused-ring (bicyclic) bond motifs is 9. The first kappa shape index (κ1) is 50.8.